The Morgan fingerprint density at radius 1 is 0.370 bits per heavy atom. The molecule has 0 saturated heterocycles. The molecule has 0 atom stereocenters. The topological polar surface area (TPSA) is 55.6 Å². The molecule has 11 rings (SSSR count). The van der Waals surface area contributed by atoms with Crippen LogP contribution < -0.4 is 4.90 Å². The van der Waals surface area contributed by atoms with E-state index < -0.39 is 0 Å². The third kappa shape index (κ3) is 4.90. The minimum Gasteiger partial charge on any atom is -0.456 e. The van der Waals surface area contributed by atoms with Crippen LogP contribution in [0.15, 0.2) is 195 Å². The Morgan fingerprint density at radius 3 is 1.76 bits per heavy atom. The molecule has 0 N–H and O–H groups in total. The lowest BCUT2D eigenvalue weighted by Crippen LogP contribution is -2.10. The first-order valence-electron chi connectivity index (χ1n) is 18.0. The number of hydrogen-bond donors (Lipinski definition) is 0. The fourth-order valence-electron chi connectivity index (χ4n) is 7.78. The van der Waals surface area contributed by atoms with Crippen molar-refractivity contribution in [3.63, 3.8) is 0 Å². The van der Waals surface area contributed by atoms with Crippen LogP contribution in [0.3, 0.4) is 0 Å². The van der Waals surface area contributed by atoms with Crippen molar-refractivity contribution in [2.75, 3.05) is 4.90 Å². The molecule has 3 heterocycles. The number of oxazole rings is 1. The van der Waals surface area contributed by atoms with Gasteiger partial charge in [-0.05, 0) is 95.1 Å². The second-order valence-corrected chi connectivity index (χ2v) is 13.5. The monoisotopic (exact) mass is 694 g/mol. The summed E-state index contributed by atoms with van der Waals surface area (Å²) in [6.45, 7) is 0. The molecule has 54 heavy (non-hydrogen) atoms. The smallest absolute Gasteiger partial charge is 0.227 e. The number of hydrogen-bond acceptors (Lipinski definition) is 5. The molecule has 3 aromatic heterocycles. The summed E-state index contributed by atoms with van der Waals surface area (Å²) in [4.78, 5) is 7.12. The highest BCUT2D eigenvalue weighted by atomic mass is 16.4. The second-order valence-electron chi connectivity index (χ2n) is 13.5. The minimum absolute atomic E-state index is 0.588. The molecule has 8 aromatic carbocycles. The van der Waals surface area contributed by atoms with Crippen LogP contribution in [0.1, 0.15) is 0 Å². The Morgan fingerprint density at radius 2 is 0.963 bits per heavy atom. The van der Waals surface area contributed by atoms with Crippen molar-refractivity contribution in [2.24, 2.45) is 0 Å². The lowest BCUT2D eigenvalue weighted by Gasteiger charge is -2.27. The lowest BCUT2D eigenvalue weighted by molar-refractivity contribution is 0.622. The number of para-hydroxylation sites is 1. The summed E-state index contributed by atoms with van der Waals surface area (Å²) >= 11 is 0. The van der Waals surface area contributed by atoms with Gasteiger partial charge in [0, 0.05) is 44.9 Å². The zero-order chi connectivity index (χ0) is 35.6. The summed E-state index contributed by atoms with van der Waals surface area (Å²) < 4.78 is 19.3. The fraction of sp³-hybridized carbons (Fsp3) is 0. The Labute approximate surface area is 309 Å². The van der Waals surface area contributed by atoms with Gasteiger partial charge in [0.15, 0.2) is 5.58 Å². The molecule has 0 aliphatic heterocycles. The molecule has 254 valence electrons. The van der Waals surface area contributed by atoms with Gasteiger partial charge in [-0.1, -0.05) is 103 Å². The van der Waals surface area contributed by atoms with Crippen LogP contribution >= 0.6 is 0 Å². The van der Waals surface area contributed by atoms with Gasteiger partial charge in [0.1, 0.15) is 27.8 Å². The van der Waals surface area contributed by atoms with E-state index in [4.69, 9.17) is 18.2 Å². The van der Waals surface area contributed by atoms with Gasteiger partial charge in [-0.3, -0.25) is 0 Å². The third-order valence-corrected chi connectivity index (χ3v) is 10.3. The fourth-order valence-corrected chi connectivity index (χ4v) is 7.78. The maximum absolute atomic E-state index is 6.59. The van der Waals surface area contributed by atoms with Gasteiger partial charge in [-0.15, -0.1) is 0 Å². The summed E-state index contributed by atoms with van der Waals surface area (Å²) in [5, 5.41) is 4.03. The molecule has 0 fully saturated rings. The van der Waals surface area contributed by atoms with E-state index in [9.17, 15) is 0 Å². The van der Waals surface area contributed by atoms with E-state index in [2.05, 4.69) is 132 Å². The predicted octanol–water partition coefficient (Wildman–Crippen LogP) is 14.1. The highest BCUT2D eigenvalue weighted by Gasteiger charge is 2.21. The predicted molar refractivity (Wildman–Crippen MR) is 220 cm³/mol. The number of furan rings is 2. The molecule has 0 saturated carbocycles. The van der Waals surface area contributed by atoms with E-state index in [0.717, 1.165) is 88.7 Å². The summed E-state index contributed by atoms with van der Waals surface area (Å²) in [5.41, 5.74) is 13.3. The number of anilines is 3. The average molecular weight is 695 g/mol. The Balaban J connectivity index is 1.13. The van der Waals surface area contributed by atoms with Gasteiger partial charge >= 0.3 is 0 Å². The SMILES string of the molecule is c1ccc(-c2nc3ccc4oc5cc(N(c6ccc(-c7ccccc7)c(-c7ccccc7)c6)c6ccc7oc8ccccc8c7c6)ccc5c4c3o2)cc1. The van der Waals surface area contributed by atoms with Gasteiger partial charge < -0.3 is 18.2 Å². The quantitative estimate of drug-likeness (QED) is 0.173. The van der Waals surface area contributed by atoms with Gasteiger partial charge in [0.25, 0.3) is 0 Å². The average Bonchev–Trinajstić information content (AvgIpc) is 3.95. The van der Waals surface area contributed by atoms with E-state index in [0.29, 0.717) is 5.89 Å². The number of benzene rings is 8. The molecule has 0 unspecified atom stereocenters. The highest BCUT2D eigenvalue weighted by molar-refractivity contribution is 6.17. The van der Waals surface area contributed by atoms with Gasteiger partial charge in [-0.25, -0.2) is 4.98 Å². The highest BCUT2D eigenvalue weighted by Crippen LogP contribution is 2.44. The van der Waals surface area contributed by atoms with E-state index in [-0.39, 0.29) is 0 Å². The molecule has 0 radical (unpaired) electrons. The van der Waals surface area contributed by atoms with Gasteiger partial charge in [0.2, 0.25) is 5.89 Å². The van der Waals surface area contributed by atoms with Gasteiger partial charge in [-0.2, -0.15) is 0 Å². The number of rotatable bonds is 6. The zero-order valence-corrected chi connectivity index (χ0v) is 28.9. The summed E-state index contributed by atoms with van der Waals surface area (Å²) in [6, 6.07) is 62.9. The third-order valence-electron chi connectivity index (χ3n) is 10.3. The maximum Gasteiger partial charge on any atom is 0.227 e. The number of nitrogens with zero attached hydrogens (tertiary/aromatic N) is 2. The Kier molecular flexibility index (Phi) is 6.79. The van der Waals surface area contributed by atoms with Crippen molar-refractivity contribution in [3.05, 3.63) is 182 Å². The largest absolute Gasteiger partial charge is 0.456 e. The van der Waals surface area contributed by atoms with Gasteiger partial charge in [0.05, 0.1) is 5.39 Å². The molecule has 0 aliphatic rings. The van der Waals surface area contributed by atoms with E-state index in [1.807, 2.05) is 54.6 Å². The molecular formula is C49H30N2O3. The van der Waals surface area contributed by atoms with Crippen molar-refractivity contribution in [1.29, 1.82) is 0 Å². The minimum atomic E-state index is 0.588. The molecule has 11 aromatic rings. The molecule has 0 amide bonds. The maximum atomic E-state index is 6.59. The van der Waals surface area contributed by atoms with Crippen molar-refractivity contribution >= 4 is 72.0 Å². The van der Waals surface area contributed by atoms with E-state index >= 15 is 0 Å². The van der Waals surface area contributed by atoms with Crippen LogP contribution in [0, 0.1) is 0 Å². The molecule has 5 nitrogen and oxygen atoms in total. The van der Waals surface area contributed by atoms with Crippen LogP contribution in [0.4, 0.5) is 17.1 Å². The van der Waals surface area contributed by atoms with Crippen molar-refractivity contribution in [3.8, 4) is 33.7 Å². The van der Waals surface area contributed by atoms with Crippen LogP contribution in [-0.4, -0.2) is 4.98 Å². The van der Waals surface area contributed by atoms with Crippen LogP contribution in [-0.2, 0) is 0 Å². The number of aromatic nitrogens is 1. The van der Waals surface area contributed by atoms with Crippen LogP contribution in [0.2, 0.25) is 0 Å². The first-order valence-corrected chi connectivity index (χ1v) is 18.0. The molecule has 5 heteroatoms. The van der Waals surface area contributed by atoms with Crippen molar-refractivity contribution < 1.29 is 13.3 Å². The lowest BCUT2D eigenvalue weighted by atomic mass is 9.93. The standard InChI is InChI=1S/C49H30N2O3/c1-4-12-31(13-5-1)37-23-20-34(28-40(37)32-14-6-2-7-15-32)51(35-22-26-44-41(29-35)38-18-10-11-19-43(38)52-44)36-21-24-39-46(30-36)53-45-27-25-42-48(47(39)45)54-49(50-42)33-16-8-3-9-17-33/h1-30H. The molecule has 0 aliphatic carbocycles. The summed E-state index contributed by atoms with van der Waals surface area (Å²) in [6.07, 6.45) is 0. The first-order chi connectivity index (χ1) is 26.7. The summed E-state index contributed by atoms with van der Waals surface area (Å²) in [7, 11) is 0. The van der Waals surface area contributed by atoms with E-state index in [1.165, 1.54) is 11.1 Å². The Bertz CT molecular complexity index is 3160. The number of fused-ring (bicyclic) bond motifs is 8. The van der Waals surface area contributed by atoms with Crippen LogP contribution in [0.25, 0.3) is 88.7 Å². The molecule has 0 bridgehead atoms. The molecule has 0 spiro atoms. The van der Waals surface area contributed by atoms with Crippen molar-refractivity contribution in [1.82, 2.24) is 4.98 Å². The second kappa shape index (κ2) is 12.1. The molecular weight excluding hydrogens is 665 g/mol. The van der Waals surface area contributed by atoms with E-state index in [1.54, 1.807) is 0 Å². The van der Waals surface area contributed by atoms with Crippen LogP contribution in [0.5, 0.6) is 0 Å². The Hall–Kier alpha value is -7.37. The van der Waals surface area contributed by atoms with Crippen molar-refractivity contribution in [2.45, 2.75) is 0 Å². The normalized spacial score (nSPS) is 11.7. The summed E-state index contributed by atoms with van der Waals surface area (Å²) in [5.74, 6) is 0.588. The first kappa shape index (κ1) is 30.3. The zero-order valence-electron chi connectivity index (χ0n) is 28.9.